The number of carbonyl (C=O) groups excluding carboxylic acids is 1. The van der Waals surface area contributed by atoms with Crippen molar-refractivity contribution in [2.75, 3.05) is 12.3 Å². The normalized spacial score (nSPS) is 14.1. The third kappa shape index (κ3) is 2.67. The topological polar surface area (TPSA) is 83.6 Å². The van der Waals surface area contributed by atoms with Crippen LogP contribution in [0.5, 0.6) is 0 Å². The van der Waals surface area contributed by atoms with Gasteiger partial charge in [0.15, 0.2) is 0 Å². The molecule has 3 N–H and O–H groups in total. The standard InChI is InChI=1S/C16H16N2O3/c17-14-8-11-4-2-1-3-10(11)7-13(14)16(21)18(9-15(19)20)12-5-6-12/h1-4,7-8,12H,5-6,9,17H2,(H,19,20). The summed E-state index contributed by atoms with van der Waals surface area (Å²) in [6.07, 6.45) is 1.71. The van der Waals surface area contributed by atoms with Crippen LogP contribution in [-0.4, -0.2) is 34.5 Å². The SMILES string of the molecule is Nc1cc2ccccc2cc1C(=O)N(CC(=O)O)C1CC1. The molecule has 0 spiro atoms. The van der Waals surface area contributed by atoms with Crippen molar-refractivity contribution >= 4 is 28.3 Å². The van der Waals surface area contributed by atoms with Gasteiger partial charge in [-0.05, 0) is 35.7 Å². The van der Waals surface area contributed by atoms with Crippen LogP contribution in [0, 0.1) is 0 Å². The van der Waals surface area contributed by atoms with E-state index in [0.29, 0.717) is 11.3 Å². The number of carboxylic acids is 1. The summed E-state index contributed by atoms with van der Waals surface area (Å²) in [5.74, 6) is -1.31. The van der Waals surface area contributed by atoms with Crippen LogP contribution in [0.25, 0.3) is 10.8 Å². The number of fused-ring (bicyclic) bond motifs is 1. The van der Waals surface area contributed by atoms with Crippen LogP contribution in [0.1, 0.15) is 23.2 Å². The van der Waals surface area contributed by atoms with Crippen LogP contribution >= 0.6 is 0 Å². The summed E-state index contributed by atoms with van der Waals surface area (Å²) in [5.41, 5.74) is 6.74. The molecule has 5 nitrogen and oxygen atoms in total. The third-order valence-corrected chi connectivity index (χ3v) is 3.70. The van der Waals surface area contributed by atoms with Crippen LogP contribution in [0.3, 0.4) is 0 Å². The number of carboxylic acid groups (broad SMARTS) is 1. The molecule has 21 heavy (non-hydrogen) atoms. The summed E-state index contributed by atoms with van der Waals surface area (Å²) < 4.78 is 0. The van der Waals surface area contributed by atoms with Crippen LogP contribution in [0.2, 0.25) is 0 Å². The molecular formula is C16H16N2O3. The number of nitrogens with zero attached hydrogens (tertiary/aromatic N) is 1. The fourth-order valence-corrected chi connectivity index (χ4v) is 2.50. The van der Waals surface area contributed by atoms with Crippen LogP contribution in [-0.2, 0) is 4.79 Å². The van der Waals surface area contributed by atoms with Gasteiger partial charge in [0.25, 0.3) is 5.91 Å². The number of carbonyl (C=O) groups is 2. The maximum Gasteiger partial charge on any atom is 0.323 e. The number of aliphatic carboxylic acids is 1. The summed E-state index contributed by atoms with van der Waals surface area (Å²) in [7, 11) is 0. The second kappa shape index (κ2) is 5.09. The largest absolute Gasteiger partial charge is 0.480 e. The van der Waals surface area contributed by atoms with Crippen molar-refractivity contribution in [1.29, 1.82) is 0 Å². The molecule has 0 saturated heterocycles. The minimum atomic E-state index is -1.00. The predicted octanol–water partition coefficient (Wildman–Crippen LogP) is 2.11. The van der Waals surface area contributed by atoms with E-state index in [-0.39, 0.29) is 18.5 Å². The lowest BCUT2D eigenvalue weighted by Gasteiger charge is -2.21. The first-order valence-electron chi connectivity index (χ1n) is 6.87. The summed E-state index contributed by atoms with van der Waals surface area (Å²) in [6, 6.07) is 11.2. The number of hydrogen-bond donors (Lipinski definition) is 2. The van der Waals surface area contributed by atoms with E-state index in [1.807, 2.05) is 24.3 Å². The van der Waals surface area contributed by atoms with E-state index in [4.69, 9.17) is 10.8 Å². The molecule has 2 aromatic rings. The van der Waals surface area contributed by atoms with E-state index < -0.39 is 5.97 Å². The molecule has 1 aliphatic carbocycles. The average Bonchev–Trinajstić information content (AvgIpc) is 3.27. The Morgan fingerprint density at radius 2 is 1.81 bits per heavy atom. The lowest BCUT2D eigenvalue weighted by atomic mass is 10.0. The van der Waals surface area contributed by atoms with Gasteiger partial charge in [-0.2, -0.15) is 0 Å². The number of rotatable bonds is 4. The molecule has 3 rings (SSSR count). The maximum absolute atomic E-state index is 12.6. The van der Waals surface area contributed by atoms with Gasteiger partial charge in [-0.3, -0.25) is 9.59 Å². The maximum atomic E-state index is 12.6. The molecule has 0 unspecified atom stereocenters. The highest BCUT2D eigenvalue weighted by Crippen LogP contribution is 2.30. The molecule has 1 aliphatic rings. The smallest absolute Gasteiger partial charge is 0.323 e. The Labute approximate surface area is 122 Å². The van der Waals surface area contributed by atoms with Gasteiger partial charge in [-0.15, -0.1) is 0 Å². The second-order valence-corrected chi connectivity index (χ2v) is 5.34. The molecule has 1 saturated carbocycles. The molecule has 0 aromatic heterocycles. The van der Waals surface area contributed by atoms with Crippen molar-refractivity contribution in [3.8, 4) is 0 Å². The molecule has 0 aliphatic heterocycles. The molecule has 1 amide bonds. The van der Waals surface area contributed by atoms with E-state index in [1.165, 1.54) is 4.90 Å². The molecular weight excluding hydrogens is 268 g/mol. The number of hydrogen-bond acceptors (Lipinski definition) is 3. The van der Waals surface area contributed by atoms with E-state index >= 15 is 0 Å². The van der Waals surface area contributed by atoms with Gasteiger partial charge in [0, 0.05) is 11.7 Å². The molecule has 5 heteroatoms. The summed E-state index contributed by atoms with van der Waals surface area (Å²) >= 11 is 0. The first-order valence-corrected chi connectivity index (χ1v) is 6.87. The van der Waals surface area contributed by atoms with E-state index in [1.54, 1.807) is 12.1 Å². The zero-order valence-electron chi connectivity index (χ0n) is 11.5. The number of anilines is 1. The van der Waals surface area contributed by atoms with Crippen LogP contribution in [0.4, 0.5) is 5.69 Å². The summed E-state index contributed by atoms with van der Waals surface area (Å²) in [6.45, 7) is -0.282. The lowest BCUT2D eigenvalue weighted by molar-refractivity contribution is -0.137. The number of nitrogens with two attached hydrogens (primary N) is 1. The molecule has 0 atom stereocenters. The van der Waals surface area contributed by atoms with Crippen molar-refractivity contribution in [2.45, 2.75) is 18.9 Å². The Balaban J connectivity index is 1.99. The first kappa shape index (κ1) is 13.4. The van der Waals surface area contributed by atoms with Crippen molar-refractivity contribution < 1.29 is 14.7 Å². The van der Waals surface area contributed by atoms with Gasteiger partial charge in [0.1, 0.15) is 6.54 Å². The fraction of sp³-hybridized carbons (Fsp3) is 0.250. The van der Waals surface area contributed by atoms with Crippen molar-refractivity contribution in [3.05, 3.63) is 42.0 Å². The zero-order chi connectivity index (χ0) is 15.0. The minimum absolute atomic E-state index is 0.0273. The van der Waals surface area contributed by atoms with Crippen molar-refractivity contribution in [3.63, 3.8) is 0 Å². The number of nitrogen functional groups attached to an aromatic ring is 1. The van der Waals surface area contributed by atoms with Crippen LogP contribution < -0.4 is 5.73 Å². The molecule has 0 radical (unpaired) electrons. The number of amides is 1. The Kier molecular flexibility index (Phi) is 3.25. The molecule has 0 bridgehead atoms. The summed E-state index contributed by atoms with van der Waals surface area (Å²) in [4.78, 5) is 25.0. The monoisotopic (exact) mass is 284 g/mol. The second-order valence-electron chi connectivity index (χ2n) is 5.34. The highest BCUT2D eigenvalue weighted by atomic mass is 16.4. The predicted molar refractivity (Wildman–Crippen MR) is 80.1 cm³/mol. The van der Waals surface area contributed by atoms with Gasteiger partial charge < -0.3 is 15.7 Å². The third-order valence-electron chi connectivity index (χ3n) is 3.70. The zero-order valence-corrected chi connectivity index (χ0v) is 11.5. The van der Waals surface area contributed by atoms with Gasteiger partial charge in [-0.25, -0.2) is 0 Å². The minimum Gasteiger partial charge on any atom is -0.480 e. The highest BCUT2D eigenvalue weighted by Gasteiger charge is 2.35. The Morgan fingerprint density at radius 3 is 2.38 bits per heavy atom. The molecule has 1 fully saturated rings. The molecule has 2 aromatic carbocycles. The Bertz CT molecular complexity index is 723. The van der Waals surface area contributed by atoms with Crippen molar-refractivity contribution in [1.82, 2.24) is 4.90 Å². The van der Waals surface area contributed by atoms with E-state index in [0.717, 1.165) is 23.6 Å². The van der Waals surface area contributed by atoms with E-state index in [9.17, 15) is 9.59 Å². The molecule has 108 valence electrons. The van der Waals surface area contributed by atoms with Crippen molar-refractivity contribution in [2.24, 2.45) is 0 Å². The van der Waals surface area contributed by atoms with Gasteiger partial charge >= 0.3 is 5.97 Å². The highest BCUT2D eigenvalue weighted by molar-refractivity contribution is 6.04. The molecule has 0 heterocycles. The van der Waals surface area contributed by atoms with Gasteiger partial charge in [0.2, 0.25) is 0 Å². The first-order chi connectivity index (χ1) is 10.1. The quantitative estimate of drug-likeness (QED) is 0.842. The number of benzene rings is 2. The Hall–Kier alpha value is -2.56. The average molecular weight is 284 g/mol. The lowest BCUT2D eigenvalue weighted by Crippen LogP contribution is -2.37. The van der Waals surface area contributed by atoms with Crippen LogP contribution in [0.15, 0.2) is 36.4 Å². The Morgan fingerprint density at radius 1 is 1.19 bits per heavy atom. The van der Waals surface area contributed by atoms with Gasteiger partial charge in [-0.1, -0.05) is 24.3 Å². The fourth-order valence-electron chi connectivity index (χ4n) is 2.50. The summed E-state index contributed by atoms with van der Waals surface area (Å²) in [5, 5.41) is 10.9. The van der Waals surface area contributed by atoms with E-state index in [2.05, 4.69) is 0 Å². The van der Waals surface area contributed by atoms with Gasteiger partial charge in [0.05, 0.1) is 5.56 Å².